The number of anilines is 3. The van der Waals surface area contributed by atoms with E-state index in [1.807, 2.05) is 60.1 Å². The summed E-state index contributed by atoms with van der Waals surface area (Å²) in [4.78, 5) is 26.1. The molecule has 0 atom stereocenters. The Bertz CT molecular complexity index is 1870. The molecule has 1 amide bonds. The molecule has 11 heteroatoms. The third-order valence-corrected chi connectivity index (χ3v) is 6.65. The molecule has 6 rings (SSSR count). The maximum absolute atomic E-state index is 13.2. The number of nitrogen functional groups attached to an aromatic ring is 1. The Hall–Kier alpha value is -5.45. The minimum absolute atomic E-state index is 0.245. The van der Waals surface area contributed by atoms with E-state index in [0.29, 0.717) is 45.5 Å². The molecule has 4 N–H and O–H groups in total. The van der Waals surface area contributed by atoms with Crippen LogP contribution in [0.15, 0.2) is 73.2 Å². The molecule has 11 nitrogen and oxygen atoms in total. The zero-order valence-electron chi connectivity index (χ0n) is 21.5. The first kappa shape index (κ1) is 23.9. The first-order valence-corrected chi connectivity index (χ1v) is 12.2. The maximum atomic E-state index is 13.2. The first-order valence-electron chi connectivity index (χ1n) is 12.2. The molecule has 0 saturated heterocycles. The van der Waals surface area contributed by atoms with E-state index in [-0.39, 0.29) is 5.91 Å². The van der Waals surface area contributed by atoms with Crippen LogP contribution in [0, 0.1) is 0 Å². The van der Waals surface area contributed by atoms with Gasteiger partial charge < -0.3 is 25.7 Å². The molecule has 39 heavy (non-hydrogen) atoms. The number of aromatic nitrogens is 6. The number of fused-ring (bicyclic) bond motifs is 2. The molecule has 0 radical (unpaired) electrons. The molecule has 4 aromatic heterocycles. The molecular weight excluding hydrogens is 494 g/mol. The van der Waals surface area contributed by atoms with Crippen molar-refractivity contribution in [1.82, 2.24) is 29.3 Å². The van der Waals surface area contributed by atoms with Crippen LogP contribution in [0.25, 0.3) is 38.9 Å². The number of nitrogens with one attached hydrogen (secondary N) is 2. The normalized spacial score (nSPS) is 11.2. The van der Waals surface area contributed by atoms with Crippen molar-refractivity contribution in [3.05, 3.63) is 78.9 Å². The highest BCUT2D eigenvalue weighted by molar-refractivity contribution is 6.07. The predicted molar refractivity (Wildman–Crippen MR) is 151 cm³/mol. The average molecular weight is 520 g/mol. The quantitative estimate of drug-likeness (QED) is 0.297. The Kier molecular flexibility index (Phi) is 5.80. The van der Waals surface area contributed by atoms with Crippen LogP contribution < -0.4 is 21.1 Å². The summed E-state index contributed by atoms with van der Waals surface area (Å²) in [6.45, 7) is 0. The van der Waals surface area contributed by atoms with Gasteiger partial charge in [0.2, 0.25) is 0 Å². The van der Waals surface area contributed by atoms with E-state index in [4.69, 9.17) is 15.6 Å². The number of hydrogen-bond donors (Lipinski definition) is 3. The van der Waals surface area contributed by atoms with Crippen LogP contribution in [0.4, 0.5) is 17.3 Å². The highest BCUT2D eigenvalue weighted by atomic mass is 16.5. The highest BCUT2D eigenvalue weighted by Crippen LogP contribution is 2.36. The Morgan fingerprint density at radius 2 is 1.87 bits per heavy atom. The van der Waals surface area contributed by atoms with Crippen molar-refractivity contribution in [1.29, 1.82) is 0 Å². The topological polar surface area (TPSA) is 138 Å². The van der Waals surface area contributed by atoms with Gasteiger partial charge in [-0.3, -0.25) is 4.79 Å². The lowest BCUT2D eigenvalue weighted by molar-refractivity contribution is 0.101. The first-order chi connectivity index (χ1) is 19.0. The van der Waals surface area contributed by atoms with E-state index in [1.54, 1.807) is 37.2 Å². The van der Waals surface area contributed by atoms with Crippen molar-refractivity contribution in [2.75, 3.05) is 30.5 Å². The maximum Gasteiger partial charge on any atom is 0.272 e. The Labute approximate surface area is 223 Å². The number of amides is 1. The number of nitrogens with two attached hydrogens (primary N) is 1. The van der Waals surface area contributed by atoms with Crippen molar-refractivity contribution in [2.45, 2.75) is 0 Å². The van der Waals surface area contributed by atoms with Gasteiger partial charge in [0.25, 0.3) is 5.91 Å². The van der Waals surface area contributed by atoms with Crippen LogP contribution in [0.3, 0.4) is 0 Å². The third kappa shape index (κ3) is 4.06. The summed E-state index contributed by atoms with van der Waals surface area (Å²) in [6, 6.07) is 18.9. The molecular formula is C28H25N9O2. The molecule has 0 spiro atoms. The second-order valence-corrected chi connectivity index (χ2v) is 8.88. The molecule has 2 aromatic carbocycles. The summed E-state index contributed by atoms with van der Waals surface area (Å²) in [7, 11) is 5.22. The number of ether oxygens (including phenoxy) is 1. The fraction of sp³-hybridized carbons (Fsp3) is 0.107. The van der Waals surface area contributed by atoms with Gasteiger partial charge >= 0.3 is 0 Å². The predicted octanol–water partition coefficient (Wildman–Crippen LogP) is 4.25. The van der Waals surface area contributed by atoms with E-state index in [2.05, 4.69) is 25.6 Å². The standard InChI is InChI=1S/C28H25N9O2/c1-30-23-14-18(10-11-31-23)37-27-24(26(29)32-15-33-27)25(35-37)17-8-9-19(22(13-17)39-3)34-28(38)21-12-16-6-4-5-7-20(16)36(21)2/h4-15H,1-3H3,(H,30,31)(H,34,38)(H2,29,32,33). The van der Waals surface area contributed by atoms with Gasteiger partial charge in [-0.05, 0) is 30.3 Å². The molecule has 4 heterocycles. The summed E-state index contributed by atoms with van der Waals surface area (Å²) >= 11 is 0. The van der Waals surface area contributed by atoms with E-state index in [9.17, 15) is 4.79 Å². The zero-order valence-corrected chi connectivity index (χ0v) is 21.5. The molecule has 0 aliphatic rings. The number of carbonyl (C=O) groups excluding carboxylic acids is 1. The summed E-state index contributed by atoms with van der Waals surface area (Å²) in [5.41, 5.74) is 11.0. The molecule has 0 aliphatic carbocycles. The lowest BCUT2D eigenvalue weighted by Crippen LogP contribution is -2.16. The Morgan fingerprint density at radius 3 is 2.67 bits per heavy atom. The lowest BCUT2D eigenvalue weighted by atomic mass is 10.1. The minimum Gasteiger partial charge on any atom is -0.495 e. The van der Waals surface area contributed by atoms with Crippen molar-refractivity contribution in [3.63, 3.8) is 0 Å². The molecule has 0 unspecified atom stereocenters. The fourth-order valence-corrected chi connectivity index (χ4v) is 4.68. The average Bonchev–Trinajstić information content (AvgIpc) is 3.52. The number of methoxy groups -OCH3 is 1. The van der Waals surface area contributed by atoms with Crippen molar-refractivity contribution in [3.8, 4) is 22.7 Å². The number of benzene rings is 2. The summed E-state index contributed by atoms with van der Waals surface area (Å²) in [5.74, 6) is 1.22. The second kappa shape index (κ2) is 9.45. The fourth-order valence-electron chi connectivity index (χ4n) is 4.68. The van der Waals surface area contributed by atoms with Gasteiger partial charge in [0.05, 0.1) is 23.9 Å². The van der Waals surface area contributed by atoms with Crippen LogP contribution >= 0.6 is 0 Å². The molecule has 0 saturated carbocycles. The summed E-state index contributed by atoms with van der Waals surface area (Å²) < 4.78 is 9.23. The van der Waals surface area contributed by atoms with Crippen LogP contribution in [-0.4, -0.2) is 49.4 Å². The van der Waals surface area contributed by atoms with Crippen molar-refractivity contribution in [2.24, 2.45) is 7.05 Å². The summed E-state index contributed by atoms with van der Waals surface area (Å²) in [5, 5.41) is 12.5. The Balaban J connectivity index is 1.40. The van der Waals surface area contributed by atoms with E-state index >= 15 is 0 Å². The van der Waals surface area contributed by atoms with Crippen LogP contribution in [0.5, 0.6) is 5.75 Å². The van der Waals surface area contributed by atoms with Crippen LogP contribution in [0.1, 0.15) is 10.5 Å². The van der Waals surface area contributed by atoms with Gasteiger partial charge in [0.15, 0.2) is 5.65 Å². The monoisotopic (exact) mass is 519 g/mol. The smallest absolute Gasteiger partial charge is 0.272 e. The number of aryl methyl sites for hydroxylation is 1. The molecule has 0 fully saturated rings. The van der Waals surface area contributed by atoms with Crippen molar-refractivity contribution < 1.29 is 9.53 Å². The zero-order chi connectivity index (χ0) is 27.1. The number of rotatable bonds is 6. The van der Waals surface area contributed by atoms with Gasteiger partial charge in [0, 0.05) is 42.8 Å². The number of pyridine rings is 1. The number of nitrogens with zero attached hydrogens (tertiary/aromatic N) is 6. The minimum atomic E-state index is -0.245. The summed E-state index contributed by atoms with van der Waals surface area (Å²) in [6.07, 6.45) is 3.10. The van der Waals surface area contributed by atoms with Crippen LogP contribution in [-0.2, 0) is 7.05 Å². The van der Waals surface area contributed by atoms with Gasteiger partial charge in [-0.1, -0.05) is 24.3 Å². The van der Waals surface area contributed by atoms with Gasteiger partial charge in [-0.2, -0.15) is 5.10 Å². The Morgan fingerprint density at radius 1 is 1.03 bits per heavy atom. The van der Waals surface area contributed by atoms with E-state index < -0.39 is 0 Å². The van der Waals surface area contributed by atoms with E-state index in [0.717, 1.165) is 22.2 Å². The SMILES string of the molecule is CNc1cc(-n2nc(-c3ccc(NC(=O)c4cc5ccccc5n4C)c(OC)c3)c3c(N)ncnc32)ccn1. The number of para-hydroxylation sites is 1. The number of carbonyl (C=O) groups is 1. The van der Waals surface area contributed by atoms with Crippen LogP contribution in [0.2, 0.25) is 0 Å². The molecule has 6 aromatic rings. The number of hydrogen-bond acceptors (Lipinski definition) is 8. The molecule has 0 bridgehead atoms. The molecule has 194 valence electrons. The van der Waals surface area contributed by atoms with E-state index in [1.165, 1.54) is 6.33 Å². The third-order valence-electron chi connectivity index (χ3n) is 6.65. The van der Waals surface area contributed by atoms with Gasteiger partial charge in [0.1, 0.15) is 35.1 Å². The second-order valence-electron chi connectivity index (χ2n) is 8.88. The highest BCUT2D eigenvalue weighted by Gasteiger charge is 2.21. The largest absolute Gasteiger partial charge is 0.495 e. The molecule has 0 aliphatic heterocycles. The lowest BCUT2D eigenvalue weighted by Gasteiger charge is -2.12. The van der Waals surface area contributed by atoms with Crippen molar-refractivity contribution >= 4 is 45.2 Å². The van der Waals surface area contributed by atoms with Gasteiger partial charge in [-0.25, -0.2) is 19.6 Å². The van der Waals surface area contributed by atoms with Gasteiger partial charge in [-0.15, -0.1) is 0 Å².